The zero-order valence-corrected chi connectivity index (χ0v) is 11.8. The van der Waals surface area contributed by atoms with E-state index in [4.69, 9.17) is 10.5 Å². The van der Waals surface area contributed by atoms with Gasteiger partial charge in [0.05, 0.1) is 11.7 Å². The van der Waals surface area contributed by atoms with E-state index in [1.165, 1.54) is 19.7 Å². The molecule has 0 unspecified atom stereocenters. The van der Waals surface area contributed by atoms with Gasteiger partial charge in [0.15, 0.2) is 0 Å². The summed E-state index contributed by atoms with van der Waals surface area (Å²) in [6.07, 6.45) is 4.48. The summed E-state index contributed by atoms with van der Waals surface area (Å²) in [4.78, 5) is 16.9. The molecule has 0 aliphatic carbocycles. The first-order valence-electron chi connectivity index (χ1n) is 6.47. The predicted molar refractivity (Wildman–Crippen MR) is 82.9 cm³/mol. The van der Waals surface area contributed by atoms with Gasteiger partial charge in [0, 0.05) is 11.6 Å². The van der Waals surface area contributed by atoms with E-state index in [0.29, 0.717) is 17.2 Å². The molecule has 2 heterocycles. The second-order valence-electron chi connectivity index (χ2n) is 4.35. The Balaban J connectivity index is 1.97. The van der Waals surface area contributed by atoms with Gasteiger partial charge in [-0.2, -0.15) is 0 Å². The Labute approximate surface area is 126 Å². The van der Waals surface area contributed by atoms with Gasteiger partial charge in [-0.25, -0.2) is 9.97 Å². The molecule has 2 aromatic heterocycles. The number of nitrogen functional groups attached to an aromatic ring is 1. The number of rotatable bonds is 4. The Bertz CT molecular complexity index is 835. The number of aromatic nitrogens is 3. The lowest BCUT2D eigenvalue weighted by Gasteiger charge is -2.09. The van der Waals surface area contributed by atoms with Crippen molar-refractivity contribution in [2.24, 2.45) is 5.16 Å². The molecule has 7 nitrogen and oxygen atoms in total. The summed E-state index contributed by atoms with van der Waals surface area (Å²) in [5.74, 6) is 1.18. The van der Waals surface area contributed by atoms with Crippen LogP contribution >= 0.6 is 0 Å². The molecule has 0 amide bonds. The second kappa shape index (κ2) is 6.04. The fourth-order valence-electron chi connectivity index (χ4n) is 1.93. The topological polar surface area (TPSA) is 95.5 Å². The predicted octanol–water partition coefficient (Wildman–Crippen LogP) is 2.38. The summed E-state index contributed by atoms with van der Waals surface area (Å²) in [7, 11) is 1.44. The van der Waals surface area contributed by atoms with Crippen LogP contribution in [0.5, 0.6) is 11.6 Å². The molecule has 0 spiro atoms. The monoisotopic (exact) mass is 295 g/mol. The Hall–Kier alpha value is -3.22. The molecule has 7 heteroatoms. The van der Waals surface area contributed by atoms with Crippen LogP contribution in [-0.4, -0.2) is 28.3 Å². The maximum atomic E-state index is 5.82. The molecule has 2 N–H and O–H groups in total. The van der Waals surface area contributed by atoms with Gasteiger partial charge < -0.3 is 15.3 Å². The molecule has 0 atom stereocenters. The van der Waals surface area contributed by atoms with E-state index in [0.717, 1.165) is 10.9 Å². The highest BCUT2D eigenvalue weighted by molar-refractivity contribution is 5.88. The van der Waals surface area contributed by atoms with Crippen molar-refractivity contribution >= 4 is 22.9 Å². The number of hydrogen-bond donors (Lipinski definition) is 1. The standard InChI is InChI=1S/C15H13N5O2/c1-21-20-8-12-14(16)18-9-19-15(12)22-11-4-5-13-10(7-11)3-2-6-17-13/h2-9H,1H3,(H2,16,18,19)/b20-8+. The third-order valence-electron chi connectivity index (χ3n) is 2.95. The number of hydrogen-bond acceptors (Lipinski definition) is 7. The molecule has 0 aliphatic heterocycles. The van der Waals surface area contributed by atoms with Gasteiger partial charge in [-0.1, -0.05) is 11.2 Å². The molecular weight excluding hydrogens is 282 g/mol. The van der Waals surface area contributed by atoms with Gasteiger partial charge in [0.2, 0.25) is 5.88 Å². The van der Waals surface area contributed by atoms with E-state index < -0.39 is 0 Å². The Morgan fingerprint density at radius 3 is 2.95 bits per heavy atom. The molecule has 0 fully saturated rings. The quantitative estimate of drug-likeness (QED) is 0.586. The molecule has 0 bridgehead atoms. The summed E-state index contributed by atoms with van der Waals surface area (Å²) in [5, 5.41) is 4.65. The third-order valence-corrected chi connectivity index (χ3v) is 2.95. The molecule has 0 saturated carbocycles. The number of pyridine rings is 1. The minimum absolute atomic E-state index is 0.258. The highest BCUT2D eigenvalue weighted by atomic mass is 16.6. The van der Waals surface area contributed by atoms with Crippen molar-refractivity contribution in [3.63, 3.8) is 0 Å². The lowest BCUT2D eigenvalue weighted by Crippen LogP contribution is -2.02. The van der Waals surface area contributed by atoms with Crippen LogP contribution in [0.3, 0.4) is 0 Å². The van der Waals surface area contributed by atoms with Crippen LogP contribution in [-0.2, 0) is 4.84 Å². The number of nitrogens with zero attached hydrogens (tertiary/aromatic N) is 4. The van der Waals surface area contributed by atoms with Crippen LogP contribution < -0.4 is 10.5 Å². The molecule has 0 radical (unpaired) electrons. The Kier molecular flexibility index (Phi) is 3.78. The average Bonchev–Trinajstić information content (AvgIpc) is 2.54. The second-order valence-corrected chi connectivity index (χ2v) is 4.35. The van der Waals surface area contributed by atoms with E-state index in [9.17, 15) is 0 Å². The van der Waals surface area contributed by atoms with Crippen LogP contribution in [0.4, 0.5) is 5.82 Å². The zero-order chi connectivity index (χ0) is 15.4. The van der Waals surface area contributed by atoms with E-state index >= 15 is 0 Å². The fraction of sp³-hybridized carbons (Fsp3) is 0.0667. The summed E-state index contributed by atoms with van der Waals surface area (Å²) in [5.41, 5.74) is 7.16. The number of oxime groups is 1. The van der Waals surface area contributed by atoms with Gasteiger partial charge >= 0.3 is 0 Å². The highest BCUT2D eigenvalue weighted by Crippen LogP contribution is 2.26. The summed E-state index contributed by atoms with van der Waals surface area (Å²) in [6, 6.07) is 9.38. The molecular formula is C15H13N5O2. The van der Waals surface area contributed by atoms with Crippen molar-refractivity contribution in [2.75, 3.05) is 12.8 Å². The van der Waals surface area contributed by atoms with E-state index in [1.807, 2.05) is 30.3 Å². The van der Waals surface area contributed by atoms with Crippen LogP contribution in [0.2, 0.25) is 0 Å². The van der Waals surface area contributed by atoms with Gasteiger partial charge in [-0.3, -0.25) is 4.98 Å². The summed E-state index contributed by atoms with van der Waals surface area (Å²) < 4.78 is 5.79. The van der Waals surface area contributed by atoms with Crippen molar-refractivity contribution in [2.45, 2.75) is 0 Å². The maximum Gasteiger partial charge on any atom is 0.233 e. The fourth-order valence-corrected chi connectivity index (χ4v) is 1.93. The zero-order valence-electron chi connectivity index (χ0n) is 11.8. The number of fused-ring (bicyclic) bond motifs is 1. The van der Waals surface area contributed by atoms with Crippen molar-refractivity contribution < 1.29 is 9.57 Å². The van der Waals surface area contributed by atoms with Crippen molar-refractivity contribution in [3.05, 3.63) is 48.4 Å². The Morgan fingerprint density at radius 2 is 2.09 bits per heavy atom. The first-order valence-corrected chi connectivity index (χ1v) is 6.47. The summed E-state index contributed by atoms with van der Waals surface area (Å²) >= 11 is 0. The molecule has 0 saturated heterocycles. The van der Waals surface area contributed by atoms with Gasteiger partial charge in [0.1, 0.15) is 30.6 Å². The molecule has 22 heavy (non-hydrogen) atoms. The minimum atomic E-state index is 0.258. The van der Waals surface area contributed by atoms with Crippen LogP contribution in [0.25, 0.3) is 10.9 Å². The average molecular weight is 295 g/mol. The lowest BCUT2D eigenvalue weighted by atomic mass is 10.2. The van der Waals surface area contributed by atoms with Crippen LogP contribution in [0.15, 0.2) is 48.0 Å². The van der Waals surface area contributed by atoms with E-state index in [2.05, 4.69) is 24.9 Å². The van der Waals surface area contributed by atoms with Crippen molar-refractivity contribution in [1.29, 1.82) is 0 Å². The minimum Gasteiger partial charge on any atom is -0.438 e. The number of benzene rings is 1. The van der Waals surface area contributed by atoms with Gasteiger partial charge in [0.25, 0.3) is 0 Å². The lowest BCUT2D eigenvalue weighted by molar-refractivity contribution is 0.215. The van der Waals surface area contributed by atoms with Crippen LogP contribution in [0, 0.1) is 0 Å². The largest absolute Gasteiger partial charge is 0.438 e. The molecule has 0 aliphatic rings. The van der Waals surface area contributed by atoms with E-state index in [-0.39, 0.29) is 5.82 Å². The van der Waals surface area contributed by atoms with Crippen LogP contribution in [0.1, 0.15) is 5.56 Å². The number of ether oxygens (including phenoxy) is 1. The number of anilines is 1. The first kappa shape index (κ1) is 13.7. The molecule has 1 aromatic carbocycles. The van der Waals surface area contributed by atoms with Gasteiger partial charge in [-0.15, -0.1) is 0 Å². The normalized spacial score (nSPS) is 11.0. The third kappa shape index (κ3) is 2.78. The molecule has 3 aromatic rings. The number of nitrogens with two attached hydrogens (primary N) is 1. The molecule has 110 valence electrons. The highest BCUT2D eigenvalue weighted by Gasteiger charge is 2.10. The first-order chi connectivity index (χ1) is 10.8. The maximum absolute atomic E-state index is 5.82. The summed E-state index contributed by atoms with van der Waals surface area (Å²) in [6.45, 7) is 0. The Morgan fingerprint density at radius 1 is 1.18 bits per heavy atom. The van der Waals surface area contributed by atoms with Crippen molar-refractivity contribution in [1.82, 2.24) is 15.0 Å². The van der Waals surface area contributed by atoms with Gasteiger partial charge in [-0.05, 0) is 24.3 Å². The smallest absolute Gasteiger partial charge is 0.233 e. The van der Waals surface area contributed by atoms with Crippen molar-refractivity contribution in [3.8, 4) is 11.6 Å². The molecule has 3 rings (SSSR count). The van der Waals surface area contributed by atoms with E-state index in [1.54, 1.807) is 6.20 Å². The SMILES string of the molecule is CO/N=C/c1c(N)ncnc1Oc1ccc2ncccc2c1.